The van der Waals surface area contributed by atoms with Crippen molar-refractivity contribution in [1.29, 1.82) is 0 Å². The third kappa shape index (κ3) is 2.79. The van der Waals surface area contributed by atoms with Crippen LogP contribution in [0.1, 0.15) is 38.9 Å². The first-order valence-corrected chi connectivity index (χ1v) is 6.84. The summed E-state index contributed by atoms with van der Waals surface area (Å²) in [6.45, 7) is 8.45. The van der Waals surface area contributed by atoms with Crippen LogP contribution in [-0.4, -0.2) is 26.1 Å². The van der Waals surface area contributed by atoms with Gasteiger partial charge in [-0.15, -0.1) is 0 Å². The third-order valence-corrected chi connectivity index (χ3v) is 3.01. The molecule has 0 atom stereocenters. The molecule has 0 fully saturated rings. The minimum atomic E-state index is -0.391. The summed E-state index contributed by atoms with van der Waals surface area (Å²) in [6, 6.07) is 0.244. The molecule has 0 radical (unpaired) electrons. The molecule has 0 saturated carbocycles. The summed E-state index contributed by atoms with van der Waals surface area (Å²) in [5, 5.41) is 3.00. The normalized spacial score (nSPS) is 11.1. The van der Waals surface area contributed by atoms with E-state index in [1.807, 2.05) is 11.5 Å². The number of nitrogens with one attached hydrogen (secondary N) is 1. The van der Waals surface area contributed by atoms with Crippen LogP contribution >= 0.6 is 0 Å². The number of rotatable bonds is 5. The van der Waals surface area contributed by atoms with Crippen molar-refractivity contribution in [3.05, 3.63) is 24.0 Å². The SMILES string of the molecule is CCCNc1nc(-c2cncn2C(C)C)nc(C)c1F. The molecular formula is C14H20FN5. The Bertz CT molecular complexity index is 591. The number of halogens is 1. The third-order valence-electron chi connectivity index (χ3n) is 3.01. The zero-order valence-corrected chi connectivity index (χ0v) is 12.3. The number of aromatic nitrogens is 4. The molecule has 2 heterocycles. The van der Waals surface area contributed by atoms with E-state index in [1.54, 1.807) is 19.4 Å². The Morgan fingerprint density at radius 2 is 2.10 bits per heavy atom. The molecule has 0 aromatic carbocycles. The van der Waals surface area contributed by atoms with Crippen molar-refractivity contribution < 1.29 is 4.39 Å². The van der Waals surface area contributed by atoms with Crippen LogP contribution in [0.5, 0.6) is 0 Å². The van der Waals surface area contributed by atoms with Crippen LogP contribution in [0.2, 0.25) is 0 Å². The molecular weight excluding hydrogens is 257 g/mol. The van der Waals surface area contributed by atoms with Gasteiger partial charge in [-0.2, -0.15) is 0 Å². The number of aryl methyl sites for hydroxylation is 1. The lowest BCUT2D eigenvalue weighted by Gasteiger charge is -2.13. The molecule has 2 rings (SSSR count). The zero-order valence-electron chi connectivity index (χ0n) is 12.3. The highest BCUT2D eigenvalue weighted by Crippen LogP contribution is 2.23. The van der Waals surface area contributed by atoms with Crippen LogP contribution in [0.3, 0.4) is 0 Å². The lowest BCUT2D eigenvalue weighted by Crippen LogP contribution is -2.10. The Morgan fingerprint density at radius 3 is 2.75 bits per heavy atom. The highest BCUT2D eigenvalue weighted by molar-refractivity contribution is 5.53. The second kappa shape index (κ2) is 5.98. The first kappa shape index (κ1) is 14.4. The molecule has 1 N–H and O–H groups in total. The highest BCUT2D eigenvalue weighted by Gasteiger charge is 2.16. The van der Waals surface area contributed by atoms with Gasteiger partial charge in [-0.3, -0.25) is 0 Å². The minimum Gasteiger partial charge on any atom is -0.368 e. The van der Waals surface area contributed by atoms with E-state index >= 15 is 0 Å². The maximum atomic E-state index is 14.0. The molecule has 6 heteroatoms. The van der Waals surface area contributed by atoms with Gasteiger partial charge in [-0.05, 0) is 27.2 Å². The first-order valence-electron chi connectivity index (χ1n) is 6.84. The predicted octanol–water partition coefficient (Wildman–Crippen LogP) is 3.19. The zero-order chi connectivity index (χ0) is 14.7. The molecule has 0 saturated heterocycles. The molecule has 2 aromatic rings. The Hall–Kier alpha value is -1.98. The fourth-order valence-corrected chi connectivity index (χ4v) is 1.92. The predicted molar refractivity (Wildman–Crippen MR) is 77.1 cm³/mol. The van der Waals surface area contributed by atoms with E-state index in [9.17, 15) is 4.39 Å². The highest BCUT2D eigenvalue weighted by atomic mass is 19.1. The number of hydrogen-bond donors (Lipinski definition) is 1. The van der Waals surface area contributed by atoms with Crippen LogP contribution in [-0.2, 0) is 0 Å². The first-order chi connectivity index (χ1) is 9.54. The van der Waals surface area contributed by atoms with Gasteiger partial charge in [0.2, 0.25) is 0 Å². The summed E-state index contributed by atoms with van der Waals surface area (Å²) in [5.74, 6) is 0.359. The molecule has 5 nitrogen and oxygen atoms in total. The van der Waals surface area contributed by atoms with Crippen molar-refractivity contribution in [3.8, 4) is 11.5 Å². The molecule has 0 bridgehead atoms. The van der Waals surface area contributed by atoms with Crippen molar-refractivity contribution in [2.45, 2.75) is 40.2 Å². The molecule has 20 heavy (non-hydrogen) atoms. The Balaban J connectivity index is 2.46. The average Bonchev–Trinajstić information content (AvgIpc) is 2.89. The molecule has 0 amide bonds. The van der Waals surface area contributed by atoms with Crippen molar-refractivity contribution in [1.82, 2.24) is 19.5 Å². The van der Waals surface area contributed by atoms with Crippen molar-refractivity contribution >= 4 is 5.82 Å². The Labute approximate surface area is 118 Å². The van der Waals surface area contributed by atoms with Gasteiger partial charge in [-0.25, -0.2) is 19.3 Å². The largest absolute Gasteiger partial charge is 0.368 e. The van der Waals surface area contributed by atoms with Gasteiger partial charge in [-0.1, -0.05) is 6.92 Å². The van der Waals surface area contributed by atoms with Gasteiger partial charge >= 0.3 is 0 Å². The van der Waals surface area contributed by atoms with E-state index < -0.39 is 5.82 Å². The number of nitrogens with zero attached hydrogens (tertiary/aromatic N) is 4. The van der Waals surface area contributed by atoms with Crippen molar-refractivity contribution in [3.63, 3.8) is 0 Å². The van der Waals surface area contributed by atoms with Gasteiger partial charge in [0.05, 0.1) is 18.2 Å². The summed E-state index contributed by atoms with van der Waals surface area (Å²) in [7, 11) is 0. The van der Waals surface area contributed by atoms with Crippen LogP contribution in [0.25, 0.3) is 11.5 Å². The van der Waals surface area contributed by atoms with Gasteiger partial charge in [0.1, 0.15) is 5.69 Å². The van der Waals surface area contributed by atoms with E-state index in [0.717, 1.165) is 12.1 Å². The number of imidazole rings is 1. The fraction of sp³-hybridized carbons (Fsp3) is 0.500. The van der Waals surface area contributed by atoms with Crippen LogP contribution < -0.4 is 5.32 Å². The second-order valence-electron chi connectivity index (χ2n) is 5.00. The lowest BCUT2D eigenvalue weighted by atomic mass is 10.3. The summed E-state index contributed by atoms with van der Waals surface area (Å²) < 4.78 is 16.0. The summed E-state index contributed by atoms with van der Waals surface area (Å²) in [6.07, 6.45) is 4.35. The van der Waals surface area contributed by atoms with Crippen LogP contribution in [0.15, 0.2) is 12.5 Å². The molecule has 0 aliphatic rings. The van der Waals surface area contributed by atoms with E-state index in [1.165, 1.54) is 0 Å². The van der Waals surface area contributed by atoms with E-state index in [4.69, 9.17) is 0 Å². The summed E-state index contributed by atoms with van der Waals surface area (Å²) >= 11 is 0. The quantitative estimate of drug-likeness (QED) is 0.912. The average molecular weight is 277 g/mol. The van der Waals surface area contributed by atoms with Gasteiger partial charge < -0.3 is 9.88 Å². The number of anilines is 1. The van der Waals surface area contributed by atoms with Crippen molar-refractivity contribution in [2.75, 3.05) is 11.9 Å². The molecule has 108 valence electrons. The summed E-state index contributed by atoms with van der Waals surface area (Å²) in [5.41, 5.74) is 1.13. The monoisotopic (exact) mass is 277 g/mol. The smallest absolute Gasteiger partial charge is 0.186 e. The molecule has 0 unspecified atom stereocenters. The maximum Gasteiger partial charge on any atom is 0.186 e. The van der Waals surface area contributed by atoms with Crippen LogP contribution in [0.4, 0.5) is 10.2 Å². The lowest BCUT2D eigenvalue weighted by molar-refractivity contribution is 0.595. The fourth-order valence-electron chi connectivity index (χ4n) is 1.92. The molecule has 0 spiro atoms. The Morgan fingerprint density at radius 1 is 1.35 bits per heavy atom. The molecule has 0 aliphatic carbocycles. The van der Waals surface area contributed by atoms with Crippen LogP contribution in [0, 0.1) is 12.7 Å². The molecule has 2 aromatic heterocycles. The summed E-state index contributed by atoms with van der Waals surface area (Å²) in [4.78, 5) is 12.7. The van der Waals surface area contributed by atoms with E-state index in [0.29, 0.717) is 18.1 Å². The Kier molecular flexibility index (Phi) is 4.32. The standard InChI is InChI=1S/C14H20FN5/c1-5-6-17-14-12(15)10(4)18-13(19-14)11-7-16-8-20(11)9(2)3/h7-9H,5-6H2,1-4H3,(H,17,18,19). The minimum absolute atomic E-state index is 0.244. The van der Waals surface area contributed by atoms with Crippen molar-refractivity contribution in [2.24, 2.45) is 0 Å². The van der Waals surface area contributed by atoms with Gasteiger partial charge in [0.25, 0.3) is 0 Å². The number of hydrogen-bond acceptors (Lipinski definition) is 4. The van der Waals surface area contributed by atoms with Gasteiger partial charge in [0, 0.05) is 12.6 Å². The van der Waals surface area contributed by atoms with E-state index in [2.05, 4.69) is 34.1 Å². The maximum absolute atomic E-state index is 14.0. The second-order valence-corrected chi connectivity index (χ2v) is 5.00. The van der Waals surface area contributed by atoms with Gasteiger partial charge in [0.15, 0.2) is 17.5 Å². The topological polar surface area (TPSA) is 55.6 Å². The molecule has 0 aliphatic heterocycles. The van der Waals surface area contributed by atoms with E-state index in [-0.39, 0.29) is 11.9 Å².